The summed E-state index contributed by atoms with van der Waals surface area (Å²) in [6.45, 7) is 6.62. The number of rotatable bonds is 11. The molecule has 1 atom stereocenters. The van der Waals surface area contributed by atoms with Crippen LogP contribution in [-0.2, 0) is 27.4 Å². The number of nitrogens with zero attached hydrogens (tertiary/aromatic N) is 5. The number of carboxylic acid groups (broad SMARTS) is 1. The van der Waals surface area contributed by atoms with Crippen LogP contribution in [0.2, 0.25) is 10.0 Å². The van der Waals surface area contributed by atoms with Crippen LogP contribution in [0.15, 0.2) is 77.9 Å². The van der Waals surface area contributed by atoms with Crippen LogP contribution in [0.3, 0.4) is 0 Å². The van der Waals surface area contributed by atoms with E-state index in [2.05, 4.69) is 15.2 Å². The Morgan fingerprint density at radius 2 is 1.64 bits per heavy atom. The molecule has 2 bridgehead atoms. The fourth-order valence-electron chi connectivity index (χ4n) is 8.90. The zero-order chi connectivity index (χ0) is 43.2. The number of benzene rings is 2. The molecule has 9 rings (SSSR count). The Balaban J connectivity index is 1.04. The largest absolute Gasteiger partial charge is 0.481 e. The molecule has 13 nitrogen and oxygen atoms in total. The van der Waals surface area contributed by atoms with Gasteiger partial charge in [0.05, 0.1) is 40.4 Å². The first-order chi connectivity index (χ1) is 29.1. The normalized spacial score (nSPS) is 20.1. The second-order valence-corrected chi connectivity index (χ2v) is 18.1. The lowest BCUT2D eigenvalue weighted by Gasteiger charge is -2.50. The number of carboxylic acids is 1. The van der Waals surface area contributed by atoms with Crippen molar-refractivity contribution in [3.63, 3.8) is 0 Å². The number of aliphatic carboxylic acids is 1. The first kappa shape index (κ1) is 42.2. The first-order valence-electron chi connectivity index (χ1n) is 20.5. The van der Waals surface area contributed by atoms with Crippen molar-refractivity contribution in [2.45, 2.75) is 90.1 Å². The number of halogens is 2. The molecule has 318 valence electrons. The van der Waals surface area contributed by atoms with E-state index in [4.69, 9.17) is 37.7 Å². The maximum Gasteiger partial charge on any atom is 0.410 e. The topological polar surface area (TPSA) is 156 Å². The average Bonchev–Trinajstić information content (AvgIpc) is 3.65. The zero-order valence-corrected chi connectivity index (χ0v) is 36.1. The third kappa shape index (κ3) is 8.56. The van der Waals surface area contributed by atoms with Crippen molar-refractivity contribution < 1.29 is 29.0 Å². The maximum atomic E-state index is 13.7. The second-order valence-electron chi connectivity index (χ2n) is 17.3. The van der Waals surface area contributed by atoms with E-state index in [0.717, 1.165) is 24.0 Å². The van der Waals surface area contributed by atoms with E-state index in [1.807, 2.05) is 60.7 Å². The summed E-state index contributed by atoms with van der Waals surface area (Å²) >= 11 is 14.4. The van der Waals surface area contributed by atoms with Crippen molar-refractivity contribution in [3.8, 4) is 39.4 Å². The van der Waals surface area contributed by atoms with Crippen molar-refractivity contribution in [3.05, 3.63) is 105 Å². The van der Waals surface area contributed by atoms with Gasteiger partial charge in [0.25, 0.3) is 5.56 Å². The third-order valence-corrected chi connectivity index (χ3v) is 12.9. The van der Waals surface area contributed by atoms with Gasteiger partial charge < -0.3 is 24.8 Å². The van der Waals surface area contributed by atoms with Crippen molar-refractivity contribution >= 4 is 46.8 Å². The highest BCUT2D eigenvalue weighted by atomic mass is 35.5. The number of methoxy groups -OCH3 is 1. The molecule has 4 fully saturated rings. The molecular formula is C46H48Cl2N6O7. The number of hydrogen-bond donors (Lipinski definition) is 2. The number of aromatic nitrogens is 3. The lowest BCUT2D eigenvalue weighted by Crippen LogP contribution is -2.56. The summed E-state index contributed by atoms with van der Waals surface area (Å²) in [5, 5.41) is 13.8. The third-order valence-electron chi connectivity index (χ3n) is 12.1. The summed E-state index contributed by atoms with van der Waals surface area (Å²) in [5.74, 6) is -0.490. The molecule has 61 heavy (non-hydrogen) atoms. The van der Waals surface area contributed by atoms with Gasteiger partial charge in [-0.1, -0.05) is 59.6 Å². The minimum absolute atomic E-state index is 0.0430. The molecule has 6 heterocycles. The smallest absolute Gasteiger partial charge is 0.410 e. The van der Waals surface area contributed by atoms with E-state index >= 15 is 0 Å². The van der Waals surface area contributed by atoms with Gasteiger partial charge in [0, 0.05) is 78.3 Å². The number of nitrogens with one attached hydrogen (secondary N) is 1. The molecule has 3 aromatic heterocycles. The molecule has 0 radical (unpaired) electrons. The van der Waals surface area contributed by atoms with Crippen molar-refractivity contribution in [2.75, 3.05) is 20.2 Å². The highest BCUT2D eigenvalue weighted by molar-refractivity contribution is 6.39. The monoisotopic (exact) mass is 866 g/mol. The lowest BCUT2D eigenvalue weighted by molar-refractivity contribution is -0.160. The highest BCUT2D eigenvalue weighted by Gasteiger charge is 2.49. The number of amides is 2. The first-order valence-corrected chi connectivity index (χ1v) is 21.3. The molecule has 0 unspecified atom stereocenters. The van der Waals surface area contributed by atoms with E-state index in [1.54, 1.807) is 38.1 Å². The van der Waals surface area contributed by atoms with Gasteiger partial charge in [0.2, 0.25) is 11.8 Å². The number of hydrogen-bond acceptors (Lipinski definition) is 9. The number of carbonyl (C=O) groups excluding carboxylic acids is 2. The standard InChI is InChI=1S/C46H48Cl2N6O7/c1-45(2,3)61-44(59)52(25-30-12-14-38(55)50-30)23-28-11-13-36(51-41(28)60-4)35-10-6-9-34(40(35)48)33-8-5-7-32(39(33)47)27-17-20-54-37(21-27)49-22-29(42(54)56)24-53-26-46(43(57)58)18-15-31(53)16-19-46/h5-11,13,17,20-22,30-31H,12,14-16,18-19,23-26H2,1-4H3,(H,50,55)(H,57,58)/t30-,31?,46?/m0/s1. The van der Waals surface area contributed by atoms with Crippen LogP contribution in [0, 0.1) is 5.41 Å². The molecular weight excluding hydrogens is 819 g/mol. The molecule has 1 aliphatic carbocycles. The predicted octanol–water partition coefficient (Wildman–Crippen LogP) is 8.25. The fourth-order valence-corrected chi connectivity index (χ4v) is 9.57. The molecule has 1 saturated carbocycles. The predicted molar refractivity (Wildman–Crippen MR) is 233 cm³/mol. The minimum Gasteiger partial charge on any atom is -0.481 e. The van der Waals surface area contributed by atoms with Crippen LogP contribution in [0.25, 0.3) is 39.2 Å². The number of pyridine rings is 2. The van der Waals surface area contributed by atoms with E-state index in [0.29, 0.717) is 93.9 Å². The number of fused-ring (bicyclic) bond motifs is 4. The Hall–Kier alpha value is -5.50. The molecule has 15 heteroatoms. The molecule has 2 amide bonds. The molecule has 3 saturated heterocycles. The summed E-state index contributed by atoms with van der Waals surface area (Å²) in [6, 6.07) is 18.7. The number of carbonyl (C=O) groups is 3. The second kappa shape index (κ2) is 16.8. The van der Waals surface area contributed by atoms with Crippen molar-refractivity contribution in [1.29, 1.82) is 0 Å². The van der Waals surface area contributed by atoms with Crippen molar-refractivity contribution in [1.82, 2.24) is 29.5 Å². The number of piperidine rings is 2. The Kier molecular flexibility index (Phi) is 11.6. The van der Waals surface area contributed by atoms with Crippen LogP contribution >= 0.6 is 23.2 Å². The summed E-state index contributed by atoms with van der Waals surface area (Å²) in [4.78, 5) is 64.3. The van der Waals surface area contributed by atoms with Crippen LogP contribution in [-0.4, -0.2) is 85.1 Å². The van der Waals surface area contributed by atoms with Crippen LogP contribution < -0.4 is 15.6 Å². The lowest BCUT2D eigenvalue weighted by atomic mass is 9.67. The van der Waals surface area contributed by atoms with Gasteiger partial charge in [0.1, 0.15) is 11.2 Å². The Bertz CT molecular complexity index is 2600. The van der Waals surface area contributed by atoms with E-state index in [1.165, 1.54) is 11.5 Å². The Morgan fingerprint density at radius 3 is 2.30 bits per heavy atom. The van der Waals surface area contributed by atoms with Crippen molar-refractivity contribution in [2.24, 2.45) is 5.41 Å². The van der Waals surface area contributed by atoms with E-state index < -0.39 is 23.1 Å². The Morgan fingerprint density at radius 1 is 0.951 bits per heavy atom. The van der Waals surface area contributed by atoms with Gasteiger partial charge >= 0.3 is 12.1 Å². The molecule has 2 N–H and O–H groups in total. The van der Waals surface area contributed by atoms with Gasteiger partial charge in [-0.05, 0) is 82.7 Å². The maximum absolute atomic E-state index is 13.7. The molecule has 3 aliphatic heterocycles. The molecule has 0 spiro atoms. The molecule has 5 aromatic rings. The zero-order valence-electron chi connectivity index (χ0n) is 34.5. The van der Waals surface area contributed by atoms with Gasteiger partial charge in [-0.15, -0.1) is 0 Å². The molecule has 2 aromatic carbocycles. The summed E-state index contributed by atoms with van der Waals surface area (Å²) in [7, 11) is 1.52. The van der Waals surface area contributed by atoms with Gasteiger partial charge in [-0.25, -0.2) is 14.8 Å². The summed E-state index contributed by atoms with van der Waals surface area (Å²) in [5.41, 5.74) is 4.02. The number of ether oxygens (including phenoxy) is 2. The van der Waals surface area contributed by atoms with Gasteiger partial charge in [0.15, 0.2) is 0 Å². The van der Waals surface area contributed by atoms with Crippen LogP contribution in [0.1, 0.15) is 70.4 Å². The van der Waals surface area contributed by atoms with E-state index in [9.17, 15) is 24.3 Å². The quantitative estimate of drug-likeness (QED) is 0.133. The van der Waals surface area contributed by atoms with Crippen LogP contribution in [0.5, 0.6) is 5.88 Å². The SMILES string of the molecule is COc1nc(-c2cccc(-c3cccc(-c4ccn5c(=O)c(CN6CC7(C(=O)O)CCC6CC7)cnc5c4)c3Cl)c2Cl)ccc1CN(C[C@@H]1CCC(=O)N1)C(=O)OC(C)(C)C. The van der Waals surface area contributed by atoms with Gasteiger partial charge in [-0.2, -0.15) is 0 Å². The minimum atomic E-state index is -0.756. The summed E-state index contributed by atoms with van der Waals surface area (Å²) < 4.78 is 13.0. The highest BCUT2D eigenvalue weighted by Crippen LogP contribution is 2.46. The molecule has 4 aliphatic rings. The van der Waals surface area contributed by atoms with Gasteiger partial charge in [-0.3, -0.25) is 23.7 Å². The van der Waals surface area contributed by atoms with Crippen LogP contribution in [0.4, 0.5) is 4.79 Å². The fraction of sp³-hybridized carbons (Fsp3) is 0.391. The van der Waals surface area contributed by atoms with E-state index in [-0.39, 0.29) is 36.6 Å². The average molecular weight is 868 g/mol. The summed E-state index contributed by atoms with van der Waals surface area (Å²) in [6.07, 6.45) is 6.80. The Labute approximate surface area is 363 Å².